The van der Waals surface area contributed by atoms with Gasteiger partial charge in [-0.05, 0) is 54.8 Å². The van der Waals surface area contributed by atoms with Crippen molar-refractivity contribution in [2.24, 2.45) is 0 Å². The summed E-state index contributed by atoms with van der Waals surface area (Å²) in [4.78, 5) is 16.6. The van der Waals surface area contributed by atoms with E-state index in [4.69, 9.17) is 4.74 Å². The maximum Gasteiger partial charge on any atom is 0.270 e. The molecule has 0 saturated heterocycles. The van der Waals surface area contributed by atoms with Crippen molar-refractivity contribution in [2.75, 3.05) is 12.4 Å². The first-order valence-corrected chi connectivity index (χ1v) is 8.77. The summed E-state index contributed by atoms with van der Waals surface area (Å²) in [6.45, 7) is 4.54. The van der Waals surface area contributed by atoms with Crippen molar-refractivity contribution in [3.63, 3.8) is 0 Å². The van der Waals surface area contributed by atoms with E-state index in [1.807, 2.05) is 36.4 Å². The number of ether oxygens (including phenoxy) is 1. The molecule has 0 radical (unpaired) electrons. The minimum atomic E-state index is -0.212. The van der Waals surface area contributed by atoms with Crippen LogP contribution in [0.1, 0.15) is 27.2 Å². The van der Waals surface area contributed by atoms with Crippen LogP contribution in [0.2, 0.25) is 0 Å². The van der Waals surface area contributed by atoms with Crippen LogP contribution in [0.4, 0.5) is 11.4 Å². The number of aryl methyl sites for hydroxylation is 2. The zero-order chi connectivity index (χ0) is 19.2. The maximum absolute atomic E-state index is 12.5. The van der Waals surface area contributed by atoms with Crippen molar-refractivity contribution < 1.29 is 9.53 Å². The van der Waals surface area contributed by atoms with Gasteiger partial charge >= 0.3 is 0 Å². The van der Waals surface area contributed by atoms with Gasteiger partial charge in [-0.1, -0.05) is 30.3 Å². The lowest BCUT2D eigenvalue weighted by Crippen LogP contribution is -2.23. The second kappa shape index (κ2) is 8.36. The van der Waals surface area contributed by atoms with Gasteiger partial charge in [0.2, 0.25) is 0 Å². The summed E-state index contributed by atoms with van der Waals surface area (Å²) < 4.78 is 5.14. The van der Waals surface area contributed by atoms with Crippen molar-refractivity contribution in [2.45, 2.75) is 20.4 Å². The number of anilines is 2. The molecular weight excluding hydrogens is 338 g/mol. The van der Waals surface area contributed by atoms with Crippen LogP contribution >= 0.6 is 0 Å². The highest BCUT2D eigenvalue weighted by Gasteiger charge is 2.09. The molecule has 5 nitrogen and oxygen atoms in total. The number of hydrogen-bond donors (Lipinski definition) is 2. The molecule has 0 saturated carbocycles. The Morgan fingerprint density at radius 3 is 2.41 bits per heavy atom. The van der Waals surface area contributed by atoms with Gasteiger partial charge in [0.15, 0.2) is 0 Å². The van der Waals surface area contributed by atoms with E-state index in [1.165, 1.54) is 0 Å². The number of carbonyl (C=O) groups is 1. The van der Waals surface area contributed by atoms with E-state index < -0.39 is 0 Å². The predicted octanol–water partition coefficient (Wildman–Crippen LogP) is 4.38. The fourth-order valence-corrected chi connectivity index (χ4v) is 2.80. The lowest BCUT2D eigenvalue weighted by Gasteiger charge is -2.13. The summed E-state index contributed by atoms with van der Waals surface area (Å²) in [6, 6.07) is 17.3. The molecule has 1 aromatic heterocycles. The molecule has 0 aliphatic carbocycles. The molecule has 0 spiro atoms. The fraction of sp³-hybridized carbons (Fsp3) is 0.182. The quantitative estimate of drug-likeness (QED) is 0.684. The third-order valence-electron chi connectivity index (χ3n) is 4.36. The summed E-state index contributed by atoms with van der Waals surface area (Å²) in [6.07, 6.45) is 1.64. The predicted molar refractivity (Wildman–Crippen MR) is 108 cm³/mol. The number of nitrogens with one attached hydrogen (secondary N) is 2. The molecule has 3 aromatic rings. The lowest BCUT2D eigenvalue weighted by molar-refractivity contribution is 0.0946. The van der Waals surface area contributed by atoms with Gasteiger partial charge in [0.25, 0.3) is 5.91 Å². The van der Waals surface area contributed by atoms with Crippen LogP contribution in [0.25, 0.3) is 0 Å². The van der Waals surface area contributed by atoms with Gasteiger partial charge in [-0.2, -0.15) is 0 Å². The molecule has 0 fully saturated rings. The number of hydrogen-bond acceptors (Lipinski definition) is 4. The number of pyridine rings is 1. The number of nitrogens with zero attached hydrogens (tertiary/aromatic N) is 1. The molecule has 138 valence electrons. The van der Waals surface area contributed by atoms with Crippen LogP contribution < -0.4 is 15.4 Å². The lowest BCUT2D eigenvalue weighted by atomic mass is 10.1. The zero-order valence-corrected chi connectivity index (χ0v) is 15.7. The molecule has 3 rings (SSSR count). The third kappa shape index (κ3) is 4.64. The van der Waals surface area contributed by atoms with E-state index in [0.717, 1.165) is 33.8 Å². The molecule has 0 bridgehead atoms. The molecule has 27 heavy (non-hydrogen) atoms. The monoisotopic (exact) mass is 361 g/mol. The normalized spacial score (nSPS) is 10.3. The highest BCUT2D eigenvalue weighted by molar-refractivity contribution is 5.93. The summed E-state index contributed by atoms with van der Waals surface area (Å²) in [5.41, 5.74) is 5.55. The van der Waals surface area contributed by atoms with Crippen molar-refractivity contribution in [3.05, 3.63) is 83.2 Å². The van der Waals surface area contributed by atoms with Gasteiger partial charge in [0.1, 0.15) is 11.4 Å². The van der Waals surface area contributed by atoms with Gasteiger partial charge in [-0.25, -0.2) is 0 Å². The number of aromatic nitrogens is 1. The number of rotatable bonds is 6. The minimum absolute atomic E-state index is 0.212. The van der Waals surface area contributed by atoms with Crippen LogP contribution in [0, 0.1) is 13.8 Å². The zero-order valence-electron chi connectivity index (χ0n) is 15.7. The number of amides is 1. The average molecular weight is 361 g/mol. The Hall–Kier alpha value is -3.34. The summed E-state index contributed by atoms with van der Waals surface area (Å²) in [7, 11) is 1.63. The summed E-state index contributed by atoms with van der Waals surface area (Å²) in [5.74, 6) is 0.577. The number of para-hydroxylation sites is 1. The van der Waals surface area contributed by atoms with Crippen molar-refractivity contribution in [3.8, 4) is 5.75 Å². The van der Waals surface area contributed by atoms with Gasteiger partial charge in [0, 0.05) is 24.1 Å². The van der Waals surface area contributed by atoms with Crippen molar-refractivity contribution in [1.29, 1.82) is 0 Å². The van der Waals surface area contributed by atoms with Crippen LogP contribution in [0.5, 0.6) is 5.75 Å². The van der Waals surface area contributed by atoms with E-state index in [1.54, 1.807) is 19.4 Å². The average Bonchev–Trinajstić information content (AvgIpc) is 2.69. The first-order valence-electron chi connectivity index (χ1n) is 8.77. The topological polar surface area (TPSA) is 63.2 Å². The van der Waals surface area contributed by atoms with E-state index in [-0.39, 0.29) is 5.91 Å². The van der Waals surface area contributed by atoms with E-state index in [0.29, 0.717) is 12.2 Å². The largest absolute Gasteiger partial charge is 0.497 e. The van der Waals surface area contributed by atoms with Gasteiger partial charge in [0.05, 0.1) is 7.11 Å². The molecule has 1 amide bonds. The van der Waals surface area contributed by atoms with Gasteiger partial charge in [-0.3, -0.25) is 9.78 Å². The second-order valence-corrected chi connectivity index (χ2v) is 6.35. The highest BCUT2D eigenvalue weighted by Crippen LogP contribution is 2.24. The summed E-state index contributed by atoms with van der Waals surface area (Å²) >= 11 is 0. The van der Waals surface area contributed by atoms with Crippen molar-refractivity contribution in [1.82, 2.24) is 10.3 Å². The van der Waals surface area contributed by atoms with Crippen LogP contribution in [-0.2, 0) is 6.54 Å². The Labute approximate surface area is 159 Å². The van der Waals surface area contributed by atoms with Gasteiger partial charge < -0.3 is 15.4 Å². The number of methoxy groups -OCH3 is 1. The Morgan fingerprint density at radius 2 is 1.74 bits per heavy atom. The Bertz CT molecular complexity index is 916. The summed E-state index contributed by atoms with van der Waals surface area (Å²) in [5, 5.41) is 6.28. The maximum atomic E-state index is 12.5. The van der Waals surface area contributed by atoms with Crippen molar-refractivity contribution >= 4 is 17.3 Å². The number of benzene rings is 2. The first kappa shape index (κ1) is 18.5. The Balaban J connectivity index is 1.68. The molecule has 5 heteroatoms. The van der Waals surface area contributed by atoms with Crippen LogP contribution in [0.3, 0.4) is 0 Å². The number of carbonyl (C=O) groups excluding carboxylic acids is 1. The smallest absolute Gasteiger partial charge is 0.270 e. The first-order chi connectivity index (χ1) is 13.1. The fourth-order valence-electron chi connectivity index (χ4n) is 2.80. The molecular formula is C22H23N3O2. The molecule has 2 aromatic carbocycles. The molecule has 0 aliphatic heterocycles. The Morgan fingerprint density at radius 1 is 1.04 bits per heavy atom. The SMILES string of the molecule is COc1ccc(CNC(=O)c2cc(Nc3c(C)cccc3C)ccn2)cc1. The molecule has 0 aliphatic rings. The van der Waals surface area contributed by atoms with Crippen LogP contribution in [0.15, 0.2) is 60.8 Å². The third-order valence-corrected chi connectivity index (χ3v) is 4.36. The standard InChI is InChI=1S/C22H23N3O2/c1-15-5-4-6-16(2)21(15)25-18-11-12-23-20(13-18)22(26)24-14-17-7-9-19(27-3)10-8-17/h4-13H,14H2,1-3H3,(H,23,25)(H,24,26). The Kier molecular flexibility index (Phi) is 5.71. The van der Waals surface area contributed by atoms with E-state index in [9.17, 15) is 4.79 Å². The highest BCUT2D eigenvalue weighted by atomic mass is 16.5. The molecule has 2 N–H and O–H groups in total. The van der Waals surface area contributed by atoms with E-state index >= 15 is 0 Å². The molecule has 0 unspecified atom stereocenters. The van der Waals surface area contributed by atoms with Crippen LogP contribution in [-0.4, -0.2) is 18.0 Å². The molecule has 0 atom stereocenters. The molecule has 1 heterocycles. The minimum Gasteiger partial charge on any atom is -0.497 e. The van der Waals surface area contributed by atoms with Gasteiger partial charge in [-0.15, -0.1) is 0 Å². The van der Waals surface area contributed by atoms with E-state index in [2.05, 4.69) is 41.6 Å². The second-order valence-electron chi connectivity index (χ2n) is 6.35.